The quantitative estimate of drug-likeness (QED) is 0.443. The number of nitrogens with one attached hydrogen (secondary N) is 1. The van der Waals surface area contributed by atoms with E-state index in [1.807, 2.05) is 18.2 Å². The van der Waals surface area contributed by atoms with Crippen molar-refractivity contribution in [3.63, 3.8) is 0 Å². The number of unbranched alkanes of at least 4 members (excludes halogenated alkanes) is 4. The Hall–Kier alpha value is -1.40. The Morgan fingerprint density at radius 3 is 2.24 bits per heavy atom. The van der Waals surface area contributed by atoms with Crippen molar-refractivity contribution in [2.75, 3.05) is 5.32 Å². The molecule has 4 nitrogen and oxygen atoms in total. The van der Waals surface area contributed by atoms with Crippen LogP contribution in [-0.4, -0.2) is 20.6 Å². The maximum Gasteiger partial charge on any atom is 0.258 e. The number of rotatable bonds is 7. The molecule has 0 aliphatic carbocycles. The van der Waals surface area contributed by atoms with Crippen LogP contribution in [0.3, 0.4) is 0 Å². The summed E-state index contributed by atoms with van der Waals surface area (Å²) in [5.74, 6) is 0. The van der Waals surface area contributed by atoms with Gasteiger partial charge in [-0.25, -0.2) is 0 Å². The summed E-state index contributed by atoms with van der Waals surface area (Å²) >= 11 is 8.52. The van der Waals surface area contributed by atoms with E-state index < -0.39 is 5.17 Å². The van der Waals surface area contributed by atoms with E-state index in [1.54, 1.807) is 0 Å². The van der Waals surface area contributed by atoms with E-state index >= 15 is 0 Å². The first-order chi connectivity index (χ1) is 9.97. The van der Waals surface area contributed by atoms with Gasteiger partial charge in [-0.05, 0) is 48.9 Å². The molecule has 5 N–H and O–H groups in total. The predicted octanol–water partition coefficient (Wildman–Crippen LogP) is 4.24. The van der Waals surface area contributed by atoms with Crippen LogP contribution in [0.15, 0.2) is 24.3 Å². The monoisotopic (exact) mass is 328 g/mol. The molecule has 0 heterocycles. The molecule has 6 heteroatoms. The smallest absolute Gasteiger partial charge is 0.258 e. The molecular formula is C15H24N2O2S2. The Balaban J connectivity index is 0.000000885. The molecule has 21 heavy (non-hydrogen) atoms. The van der Waals surface area contributed by atoms with Crippen molar-refractivity contribution in [2.24, 2.45) is 5.73 Å². The van der Waals surface area contributed by atoms with Crippen molar-refractivity contribution < 1.29 is 10.2 Å². The van der Waals surface area contributed by atoms with Gasteiger partial charge in [0.1, 0.15) is 0 Å². The second-order valence-corrected chi connectivity index (χ2v) is 5.39. The second kappa shape index (κ2) is 12.3. The van der Waals surface area contributed by atoms with E-state index in [0.717, 1.165) is 12.1 Å². The highest BCUT2D eigenvalue weighted by Gasteiger charge is 2.02. The third-order valence-corrected chi connectivity index (χ3v) is 2.91. The van der Waals surface area contributed by atoms with Crippen molar-refractivity contribution in [1.29, 1.82) is 0 Å². The van der Waals surface area contributed by atoms with Crippen LogP contribution in [0.25, 0.3) is 0 Å². The van der Waals surface area contributed by atoms with Crippen LogP contribution in [0.5, 0.6) is 0 Å². The van der Waals surface area contributed by atoms with Crippen LogP contribution in [0.2, 0.25) is 0 Å². The minimum atomic E-state index is -0.500. The lowest BCUT2D eigenvalue weighted by atomic mass is 10.0. The molecule has 0 saturated heterocycles. The molecule has 0 unspecified atom stereocenters. The normalized spacial score (nSPS) is 9.38. The number of aliphatic hydroxyl groups is 2. The number of anilines is 1. The van der Waals surface area contributed by atoms with E-state index in [2.05, 4.69) is 48.5 Å². The van der Waals surface area contributed by atoms with Gasteiger partial charge >= 0.3 is 0 Å². The van der Waals surface area contributed by atoms with Gasteiger partial charge in [0.2, 0.25) is 0 Å². The zero-order valence-electron chi connectivity index (χ0n) is 12.3. The Morgan fingerprint density at radius 2 is 1.67 bits per heavy atom. The average Bonchev–Trinajstić information content (AvgIpc) is 2.39. The van der Waals surface area contributed by atoms with E-state index in [9.17, 15) is 0 Å². The summed E-state index contributed by atoms with van der Waals surface area (Å²) in [5.41, 5.74) is 6.55. The van der Waals surface area contributed by atoms with Crippen LogP contribution >= 0.6 is 24.4 Å². The maximum atomic E-state index is 9.09. The molecule has 1 aromatic carbocycles. The van der Waals surface area contributed by atoms with E-state index in [0.29, 0.717) is 0 Å². The predicted molar refractivity (Wildman–Crippen MR) is 97.2 cm³/mol. The van der Waals surface area contributed by atoms with Crippen molar-refractivity contribution in [2.45, 2.75) is 45.4 Å². The highest BCUT2D eigenvalue weighted by atomic mass is 32.1. The molecule has 0 aromatic heterocycles. The van der Waals surface area contributed by atoms with Crippen molar-refractivity contribution in [3.8, 4) is 0 Å². The summed E-state index contributed by atoms with van der Waals surface area (Å²) in [6.45, 7) is 2.22. The molecule has 1 rings (SSSR count). The number of hydrogen-bond acceptors (Lipinski definition) is 2. The van der Waals surface area contributed by atoms with Crippen LogP contribution in [0, 0.1) is 0 Å². The summed E-state index contributed by atoms with van der Waals surface area (Å²) in [5, 5.41) is 18.8. The first-order valence-electron chi connectivity index (χ1n) is 7.03. The minimum absolute atomic E-state index is 0.163. The van der Waals surface area contributed by atoms with Gasteiger partial charge < -0.3 is 21.3 Å². The SMILES string of the molecule is CCCCCCCc1ccccc1NC(O)=S.NC(O)=S. The van der Waals surface area contributed by atoms with Crippen LogP contribution in [-0.2, 0) is 6.42 Å². The topological polar surface area (TPSA) is 78.5 Å². The first-order valence-corrected chi connectivity index (χ1v) is 7.85. The van der Waals surface area contributed by atoms with Crippen molar-refractivity contribution in [3.05, 3.63) is 29.8 Å². The number of para-hydroxylation sites is 1. The number of aliphatic hydroxyl groups excluding tert-OH is 2. The van der Waals surface area contributed by atoms with E-state index in [-0.39, 0.29) is 5.17 Å². The maximum absolute atomic E-state index is 9.09. The molecule has 0 aliphatic heterocycles. The molecule has 118 valence electrons. The summed E-state index contributed by atoms with van der Waals surface area (Å²) in [4.78, 5) is 0. The number of hydrogen-bond donors (Lipinski definition) is 4. The fraction of sp³-hybridized carbons (Fsp3) is 0.467. The highest BCUT2D eigenvalue weighted by molar-refractivity contribution is 7.80. The van der Waals surface area contributed by atoms with Crippen LogP contribution in [0.4, 0.5) is 5.69 Å². The highest BCUT2D eigenvalue weighted by Crippen LogP contribution is 2.18. The zero-order chi connectivity index (χ0) is 16.1. The Morgan fingerprint density at radius 1 is 1.10 bits per heavy atom. The molecular weight excluding hydrogens is 304 g/mol. The summed E-state index contributed by atoms with van der Waals surface area (Å²) in [7, 11) is 0. The largest absolute Gasteiger partial charge is 0.487 e. The lowest BCUT2D eigenvalue weighted by Gasteiger charge is -2.09. The molecule has 0 fully saturated rings. The van der Waals surface area contributed by atoms with Gasteiger partial charge in [0, 0.05) is 5.69 Å². The Kier molecular flexibility index (Phi) is 11.5. The minimum Gasteiger partial charge on any atom is -0.487 e. The number of aryl methyl sites for hydroxylation is 1. The fourth-order valence-corrected chi connectivity index (χ4v) is 2.00. The van der Waals surface area contributed by atoms with Crippen molar-refractivity contribution >= 4 is 40.5 Å². The van der Waals surface area contributed by atoms with Crippen LogP contribution in [0.1, 0.15) is 44.6 Å². The third-order valence-electron chi connectivity index (χ3n) is 2.81. The van der Waals surface area contributed by atoms with Gasteiger partial charge in [-0.1, -0.05) is 50.8 Å². The van der Waals surface area contributed by atoms with Gasteiger partial charge in [0.05, 0.1) is 0 Å². The molecule has 0 radical (unpaired) electrons. The van der Waals surface area contributed by atoms with E-state index in [1.165, 1.54) is 37.7 Å². The number of nitrogens with two attached hydrogens (primary N) is 1. The standard InChI is InChI=1S/C14H21NOS.CH3NOS/c1-2-3-4-5-6-9-12-10-7-8-11-13(12)15-14(16)17;2-1(3)4/h7-8,10-11H,2-6,9H2,1H3,(H2,15,16,17);(H3,2,3,4). The third kappa shape index (κ3) is 12.1. The summed E-state index contributed by atoms with van der Waals surface area (Å²) in [6, 6.07) is 8.00. The van der Waals surface area contributed by atoms with Gasteiger partial charge in [-0.15, -0.1) is 0 Å². The molecule has 0 bridgehead atoms. The molecule has 0 spiro atoms. The van der Waals surface area contributed by atoms with Crippen molar-refractivity contribution in [1.82, 2.24) is 0 Å². The fourth-order valence-electron chi connectivity index (χ4n) is 1.89. The molecule has 0 amide bonds. The number of benzene rings is 1. The second-order valence-electron chi connectivity index (χ2n) is 4.59. The molecule has 1 aromatic rings. The molecule has 0 atom stereocenters. The lowest BCUT2D eigenvalue weighted by Crippen LogP contribution is -2.08. The van der Waals surface area contributed by atoms with Gasteiger partial charge in [-0.2, -0.15) is 0 Å². The average molecular weight is 329 g/mol. The van der Waals surface area contributed by atoms with Gasteiger partial charge in [-0.3, -0.25) is 0 Å². The Labute approximate surface area is 137 Å². The summed E-state index contributed by atoms with van der Waals surface area (Å²) < 4.78 is 0. The Bertz CT molecular complexity index is 435. The van der Waals surface area contributed by atoms with Gasteiger partial charge in [0.15, 0.2) is 0 Å². The molecule has 0 aliphatic rings. The lowest BCUT2D eigenvalue weighted by molar-refractivity contribution is 0.560. The molecule has 0 saturated carbocycles. The zero-order valence-corrected chi connectivity index (χ0v) is 14.0. The first kappa shape index (κ1) is 19.6. The summed E-state index contributed by atoms with van der Waals surface area (Å²) in [6.07, 6.45) is 7.40. The van der Waals surface area contributed by atoms with Crippen LogP contribution < -0.4 is 11.1 Å². The van der Waals surface area contributed by atoms with Gasteiger partial charge in [0.25, 0.3) is 10.3 Å². The van der Waals surface area contributed by atoms with E-state index in [4.69, 9.17) is 10.2 Å². The number of thiocarbonyl (C=S) groups is 2.